The van der Waals surface area contributed by atoms with Crippen LogP contribution in [0.1, 0.15) is 30.9 Å². The Bertz CT molecular complexity index is 969. The van der Waals surface area contributed by atoms with Crippen LogP contribution in [0.15, 0.2) is 42.5 Å². The number of likely N-dealkylation sites (N-methyl/N-ethyl adjacent to an activating group) is 1. The lowest BCUT2D eigenvalue weighted by Gasteiger charge is -2.40. The van der Waals surface area contributed by atoms with E-state index in [1.165, 1.54) is 0 Å². The molecule has 2 aromatic rings. The monoisotopic (exact) mass is 425 g/mol. The first-order valence-electron chi connectivity index (χ1n) is 10.5. The quantitative estimate of drug-likeness (QED) is 0.745. The number of rotatable bonds is 3. The zero-order valence-corrected chi connectivity index (χ0v) is 18.5. The van der Waals surface area contributed by atoms with E-state index in [1.54, 1.807) is 6.92 Å². The van der Waals surface area contributed by atoms with Crippen LogP contribution >= 0.6 is 11.6 Å². The second kappa shape index (κ2) is 8.31. The number of likely N-dealkylation sites (tertiary alicyclic amines) is 1. The molecule has 0 radical (unpaired) electrons. The summed E-state index contributed by atoms with van der Waals surface area (Å²) >= 11 is 6.13. The maximum atomic E-state index is 13.3. The number of fused-ring (bicyclic) bond motifs is 1. The van der Waals surface area contributed by atoms with Gasteiger partial charge in [-0.2, -0.15) is 0 Å². The third kappa shape index (κ3) is 3.79. The third-order valence-electron chi connectivity index (χ3n) is 6.44. The number of hydrogen-bond donors (Lipinski definition) is 0. The highest BCUT2D eigenvalue weighted by molar-refractivity contribution is 6.30. The summed E-state index contributed by atoms with van der Waals surface area (Å²) < 4.78 is 0. The minimum atomic E-state index is -0.185. The smallest absolute Gasteiger partial charge is 0.245 e. The largest absolute Gasteiger partial charge is 0.362 e. The molecule has 5 nitrogen and oxygen atoms in total. The van der Waals surface area contributed by atoms with E-state index in [0.29, 0.717) is 24.5 Å². The number of piperidine rings is 1. The van der Waals surface area contributed by atoms with E-state index >= 15 is 0 Å². The Morgan fingerprint density at radius 1 is 1.10 bits per heavy atom. The fourth-order valence-corrected chi connectivity index (χ4v) is 5.03. The number of benzene rings is 2. The zero-order valence-electron chi connectivity index (χ0n) is 17.8. The van der Waals surface area contributed by atoms with Crippen LogP contribution in [0.4, 0.5) is 11.4 Å². The Kier molecular flexibility index (Phi) is 5.74. The Balaban J connectivity index is 1.44. The number of halogens is 1. The predicted octanol–water partition coefficient (Wildman–Crippen LogP) is 4.05. The van der Waals surface area contributed by atoms with Crippen LogP contribution in [0.2, 0.25) is 5.02 Å². The van der Waals surface area contributed by atoms with Gasteiger partial charge in [0.2, 0.25) is 11.8 Å². The molecule has 2 aromatic carbocycles. The van der Waals surface area contributed by atoms with Crippen LogP contribution < -0.4 is 9.80 Å². The van der Waals surface area contributed by atoms with E-state index < -0.39 is 0 Å². The molecule has 0 aromatic heterocycles. The molecule has 0 spiro atoms. The first-order valence-corrected chi connectivity index (χ1v) is 10.9. The molecule has 2 aliphatic rings. The summed E-state index contributed by atoms with van der Waals surface area (Å²) in [6, 6.07) is 13.7. The molecule has 2 heterocycles. The number of aryl methyl sites for hydroxylation is 1. The van der Waals surface area contributed by atoms with Gasteiger partial charge in [0, 0.05) is 55.9 Å². The number of anilines is 2. The molecular formula is C24H28ClN3O2. The molecule has 4 rings (SSSR count). The van der Waals surface area contributed by atoms with Crippen molar-refractivity contribution >= 4 is 34.8 Å². The number of carbonyl (C=O) groups excluding carboxylic acids is 2. The van der Waals surface area contributed by atoms with Gasteiger partial charge in [0.1, 0.15) is 6.04 Å². The van der Waals surface area contributed by atoms with E-state index in [0.717, 1.165) is 35.3 Å². The van der Waals surface area contributed by atoms with E-state index in [9.17, 15) is 9.59 Å². The fraction of sp³-hybridized carbons (Fsp3) is 0.417. The van der Waals surface area contributed by atoms with Crippen LogP contribution in [0.5, 0.6) is 0 Å². The number of hydrogen-bond acceptors (Lipinski definition) is 3. The number of nitrogens with zero attached hydrogens (tertiary/aromatic N) is 3. The van der Waals surface area contributed by atoms with Crippen molar-refractivity contribution in [2.45, 2.75) is 45.2 Å². The van der Waals surface area contributed by atoms with Crippen LogP contribution in [0.25, 0.3) is 0 Å². The second-order valence-corrected chi connectivity index (χ2v) is 8.77. The summed E-state index contributed by atoms with van der Waals surface area (Å²) in [6.45, 7) is 4.99. The highest BCUT2D eigenvalue weighted by Gasteiger charge is 2.37. The molecule has 6 heteroatoms. The summed E-state index contributed by atoms with van der Waals surface area (Å²) in [6.07, 6.45) is 2.26. The Morgan fingerprint density at radius 3 is 2.47 bits per heavy atom. The summed E-state index contributed by atoms with van der Waals surface area (Å²) in [5.74, 6) is 0.213. The molecular weight excluding hydrogens is 398 g/mol. The second-order valence-electron chi connectivity index (χ2n) is 8.34. The van der Waals surface area contributed by atoms with Crippen molar-refractivity contribution in [1.82, 2.24) is 4.90 Å². The summed E-state index contributed by atoms with van der Waals surface area (Å²) in [5, 5.41) is 0.705. The lowest BCUT2D eigenvalue weighted by Crippen LogP contribution is -2.52. The summed E-state index contributed by atoms with van der Waals surface area (Å²) in [7, 11) is 1.98. The average molecular weight is 426 g/mol. The molecule has 0 N–H and O–H groups in total. The first kappa shape index (κ1) is 20.7. The molecule has 1 fully saturated rings. The van der Waals surface area contributed by atoms with Gasteiger partial charge in [-0.25, -0.2) is 0 Å². The highest BCUT2D eigenvalue weighted by atomic mass is 35.5. The number of amides is 2. The number of carbonyl (C=O) groups is 2. The van der Waals surface area contributed by atoms with Gasteiger partial charge in [-0.1, -0.05) is 29.8 Å². The minimum Gasteiger partial charge on any atom is -0.362 e. The van der Waals surface area contributed by atoms with Crippen LogP contribution in [-0.2, 0) is 16.0 Å². The third-order valence-corrected chi connectivity index (χ3v) is 6.68. The van der Waals surface area contributed by atoms with Gasteiger partial charge in [0.15, 0.2) is 0 Å². The van der Waals surface area contributed by atoms with Crippen molar-refractivity contribution in [3.8, 4) is 0 Å². The maximum Gasteiger partial charge on any atom is 0.245 e. The molecule has 1 unspecified atom stereocenters. The van der Waals surface area contributed by atoms with Gasteiger partial charge < -0.3 is 14.7 Å². The molecule has 158 valence electrons. The Morgan fingerprint density at radius 2 is 1.80 bits per heavy atom. The van der Waals surface area contributed by atoms with Crippen LogP contribution in [-0.4, -0.2) is 48.9 Å². The number of para-hydroxylation sites is 1. The summed E-state index contributed by atoms with van der Waals surface area (Å²) in [4.78, 5) is 31.7. The van der Waals surface area contributed by atoms with E-state index in [2.05, 4.69) is 4.90 Å². The minimum absolute atomic E-state index is 0.0527. The van der Waals surface area contributed by atoms with E-state index in [4.69, 9.17) is 11.6 Å². The lowest BCUT2D eigenvalue weighted by molar-refractivity contribution is -0.133. The molecule has 2 amide bonds. The van der Waals surface area contributed by atoms with Gasteiger partial charge in [-0.3, -0.25) is 9.59 Å². The van der Waals surface area contributed by atoms with Gasteiger partial charge >= 0.3 is 0 Å². The zero-order chi connectivity index (χ0) is 21.4. The van der Waals surface area contributed by atoms with E-state index in [1.807, 2.05) is 66.2 Å². The SMILES string of the molecule is CC(=O)N(c1ccccc1C)C1CCN(C(=O)C2Cc3cc(Cl)ccc3N2C)CC1. The Labute approximate surface area is 183 Å². The molecule has 1 saturated heterocycles. The molecule has 0 saturated carbocycles. The Hall–Kier alpha value is -2.53. The van der Waals surface area contributed by atoms with Crippen LogP contribution in [0.3, 0.4) is 0 Å². The van der Waals surface area contributed by atoms with Crippen molar-refractivity contribution in [1.29, 1.82) is 0 Å². The van der Waals surface area contributed by atoms with Crippen LogP contribution in [0, 0.1) is 6.92 Å². The molecule has 1 atom stereocenters. The predicted molar refractivity (Wildman–Crippen MR) is 121 cm³/mol. The van der Waals surface area contributed by atoms with Crippen molar-refractivity contribution in [2.24, 2.45) is 0 Å². The lowest BCUT2D eigenvalue weighted by atomic mass is 9.99. The molecule has 30 heavy (non-hydrogen) atoms. The normalized spacial score (nSPS) is 19.0. The fourth-order valence-electron chi connectivity index (χ4n) is 4.84. The molecule has 0 bridgehead atoms. The molecule has 2 aliphatic heterocycles. The standard InChI is InChI=1S/C24H28ClN3O2/c1-16-6-4-5-7-21(16)28(17(2)29)20-10-12-27(13-11-20)24(30)23-15-18-14-19(25)8-9-22(18)26(23)3/h4-9,14,20,23H,10-13,15H2,1-3H3. The highest BCUT2D eigenvalue weighted by Crippen LogP contribution is 2.34. The van der Waals surface area contributed by atoms with Crippen molar-refractivity contribution in [2.75, 3.05) is 29.9 Å². The van der Waals surface area contributed by atoms with Crippen molar-refractivity contribution < 1.29 is 9.59 Å². The van der Waals surface area contributed by atoms with Gasteiger partial charge in [0.25, 0.3) is 0 Å². The summed E-state index contributed by atoms with van der Waals surface area (Å²) in [5.41, 5.74) is 4.27. The maximum absolute atomic E-state index is 13.3. The molecule has 0 aliphatic carbocycles. The van der Waals surface area contributed by atoms with Gasteiger partial charge in [-0.05, 0) is 55.2 Å². The van der Waals surface area contributed by atoms with E-state index in [-0.39, 0.29) is 23.9 Å². The van der Waals surface area contributed by atoms with Crippen molar-refractivity contribution in [3.63, 3.8) is 0 Å². The first-order chi connectivity index (χ1) is 14.4. The van der Waals surface area contributed by atoms with Crippen molar-refractivity contribution in [3.05, 3.63) is 58.6 Å². The van der Waals surface area contributed by atoms with Gasteiger partial charge in [-0.15, -0.1) is 0 Å². The average Bonchev–Trinajstić information content (AvgIpc) is 3.05. The topological polar surface area (TPSA) is 43.9 Å². The van der Waals surface area contributed by atoms with Gasteiger partial charge in [0.05, 0.1) is 0 Å².